The fourth-order valence-electron chi connectivity index (χ4n) is 5.85. The number of methoxy groups -OCH3 is 1. The Hall–Kier alpha value is -5.15. The first kappa shape index (κ1) is 26.1. The molecule has 0 saturated heterocycles. The molecule has 0 N–H and O–H groups in total. The van der Waals surface area contributed by atoms with Gasteiger partial charge in [0, 0.05) is 17.3 Å². The number of benzene rings is 5. The van der Waals surface area contributed by atoms with Gasteiger partial charge in [-0.25, -0.2) is 0 Å². The highest BCUT2D eigenvalue weighted by Crippen LogP contribution is 2.51. The number of ether oxygens (including phenoxy) is 1. The molecule has 6 rings (SSSR count). The maximum absolute atomic E-state index is 15.4. The van der Waals surface area contributed by atoms with Crippen molar-refractivity contribution < 1.29 is 9.53 Å². The first-order valence-electron chi connectivity index (χ1n) is 13.8. The lowest BCUT2D eigenvalue weighted by Gasteiger charge is -2.47. The van der Waals surface area contributed by atoms with Crippen molar-refractivity contribution in [2.75, 3.05) is 12.0 Å². The van der Waals surface area contributed by atoms with Crippen LogP contribution in [0, 0.1) is 0 Å². The number of amides is 1. The van der Waals surface area contributed by atoms with Gasteiger partial charge in [0.1, 0.15) is 11.2 Å². The molecule has 0 fully saturated rings. The zero-order valence-corrected chi connectivity index (χ0v) is 22.9. The number of anilines is 1. The van der Waals surface area contributed by atoms with E-state index >= 15 is 4.79 Å². The highest BCUT2D eigenvalue weighted by molar-refractivity contribution is 6.09. The molecule has 1 aliphatic heterocycles. The zero-order valence-electron chi connectivity index (χ0n) is 22.9. The number of allylic oxidation sites excluding steroid dienone is 2. The van der Waals surface area contributed by atoms with Gasteiger partial charge in [-0.2, -0.15) is 0 Å². The van der Waals surface area contributed by atoms with Gasteiger partial charge < -0.3 is 4.74 Å². The summed E-state index contributed by atoms with van der Waals surface area (Å²) >= 11 is 0. The molecule has 1 heterocycles. The summed E-state index contributed by atoms with van der Waals surface area (Å²) in [5.74, 6) is 0.471. The van der Waals surface area contributed by atoms with Crippen LogP contribution >= 0.6 is 0 Å². The average Bonchev–Trinajstić information content (AvgIpc) is 3.05. The minimum Gasteiger partial charge on any atom is -0.497 e. The van der Waals surface area contributed by atoms with Crippen molar-refractivity contribution >= 4 is 17.7 Å². The van der Waals surface area contributed by atoms with Crippen molar-refractivity contribution in [2.24, 2.45) is 0 Å². The zero-order chi connectivity index (χ0) is 28.1. The fraction of sp³-hybridized carbons (Fsp3) is 0.0789. The standard InChI is InChI=1S/C38H31NO2/c1-41-35-26-24-33(25-27-35)39-34(23-22-29-14-6-2-7-15-29)28-36(30-16-8-3-9-17-30)38(37(39)40,31-18-10-4-11-19-31)32-20-12-5-13-21-32/h2-28,36H,1H3/b23-22+/t36-/m0/s1. The Balaban J connectivity index is 1.66. The maximum Gasteiger partial charge on any atom is 0.247 e. The first-order chi connectivity index (χ1) is 20.2. The summed E-state index contributed by atoms with van der Waals surface area (Å²) in [4.78, 5) is 17.3. The third kappa shape index (κ3) is 4.87. The molecule has 200 valence electrons. The second-order valence-corrected chi connectivity index (χ2v) is 10.1. The molecular formula is C38H31NO2. The topological polar surface area (TPSA) is 29.5 Å². The molecule has 1 amide bonds. The predicted molar refractivity (Wildman–Crippen MR) is 167 cm³/mol. The normalized spacial score (nSPS) is 16.4. The Morgan fingerprint density at radius 2 is 1.15 bits per heavy atom. The molecule has 5 aromatic rings. The van der Waals surface area contributed by atoms with Crippen molar-refractivity contribution in [1.29, 1.82) is 0 Å². The van der Waals surface area contributed by atoms with E-state index in [9.17, 15) is 0 Å². The van der Waals surface area contributed by atoms with Crippen molar-refractivity contribution in [3.05, 3.63) is 186 Å². The van der Waals surface area contributed by atoms with Gasteiger partial charge in [0.15, 0.2) is 0 Å². The molecule has 0 bridgehead atoms. The smallest absolute Gasteiger partial charge is 0.247 e. The molecule has 0 radical (unpaired) electrons. The summed E-state index contributed by atoms with van der Waals surface area (Å²) in [5, 5.41) is 0. The lowest BCUT2D eigenvalue weighted by atomic mass is 9.61. The number of rotatable bonds is 7. The van der Waals surface area contributed by atoms with Gasteiger partial charge >= 0.3 is 0 Å². The Morgan fingerprint density at radius 3 is 1.68 bits per heavy atom. The van der Waals surface area contributed by atoms with E-state index in [1.807, 2.05) is 108 Å². The second kappa shape index (κ2) is 11.5. The van der Waals surface area contributed by atoms with Crippen molar-refractivity contribution in [2.45, 2.75) is 11.3 Å². The number of hydrogen-bond acceptors (Lipinski definition) is 2. The minimum atomic E-state index is -1.01. The van der Waals surface area contributed by atoms with Crippen LogP contribution in [0.15, 0.2) is 163 Å². The number of nitrogens with zero attached hydrogens (tertiary/aromatic N) is 1. The Labute approximate surface area is 241 Å². The largest absolute Gasteiger partial charge is 0.497 e. The van der Waals surface area contributed by atoms with Gasteiger partial charge in [-0.1, -0.05) is 133 Å². The average molecular weight is 534 g/mol. The van der Waals surface area contributed by atoms with Crippen LogP contribution < -0.4 is 9.64 Å². The second-order valence-electron chi connectivity index (χ2n) is 10.1. The van der Waals surface area contributed by atoms with E-state index in [1.54, 1.807) is 7.11 Å². The molecule has 0 unspecified atom stereocenters. The van der Waals surface area contributed by atoms with Crippen LogP contribution in [0.2, 0.25) is 0 Å². The van der Waals surface area contributed by atoms with Gasteiger partial charge in [0.2, 0.25) is 5.91 Å². The molecule has 5 aromatic carbocycles. The fourth-order valence-corrected chi connectivity index (χ4v) is 5.85. The van der Waals surface area contributed by atoms with Crippen molar-refractivity contribution in [1.82, 2.24) is 0 Å². The van der Waals surface area contributed by atoms with Gasteiger partial charge in [0.05, 0.1) is 7.11 Å². The highest BCUT2D eigenvalue weighted by atomic mass is 16.5. The molecule has 3 nitrogen and oxygen atoms in total. The summed E-state index contributed by atoms with van der Waals surface area (Å²) in [6.07, 6.45) is 6.36. The summed E-state index contributed by atoms with van der Waals surface area (Å²) in [6, 6.07) is 48.6. The molecule has 41 heavy (non-hydrogen) atoms. The third-order valence-corrected chi connectivity index (χ3v) is 7.80. The molecule has 0 aromatic heterocycles. The lowest BCUT2D eigenvalue weighted by Crippen LogP contribution is -2.53. The van der Waals surface area contributed by atoms with Gasteiger partial charge in [-0.15, -0.1) is 0 Å². The summed E-state index contributed by atoms with van der Waals surface area (Å²) in [7, 11) is 1.65. The van der Waals surface area contributed by atoms with E-state index in [1.165, 1.54) is 0 Å². The van der Waals surface area contributed by atoms with E-state index in [2.05, 4.69) is 60.7 Å². The van der Waals surface area contributed by atoms with Gasteiger partial charge in [-0.05, 0) is 52.6 Å². The van der Waals surface area contributed by atoms with E-state index < -0.39 is 5.41 Å². The van der Waals surface area contributed by atoms with Crippen LogP contribution in [0.5, 0.6) is 5.75 Å². The van der Waals surface area contributed by atoms with Crippen LogP contribution in [-0.4, -0.2) is 13.0 Å². The van der Waals surface area contributed by atoms with E-state index in [0.717, 1.165) is 39.4 Å². The van der Waals surface area contributed by atoms with Gasteiger partial charge in [-0.3, -0.25) is 9.69 Å². The van der Waals surface area contributed by atoms with Crippen LogP contribution in [0.3, 0.4) is 0 Å². The summed E-state index contributed by atoms with van der Waals surface area (Å²) < 4.78 is 5.44. The first-order valence-corrected chi connectivity index (χ1v) is 13.8. The lowest BCUT2D eigenvalue weighted by molar-refractivity contribution is -0.123. The maximum atomic E-state index is 15.4. The summed E-state index contributed by atoms with van der Waals surface area (Å²) in [6.45, 7) is 0. The quantitative estimate of drug-likeness (QED) is 0.210. The van der Waals surface area contributed by atoms with Crippen molar-refractivity contribution in [3.8, 4) is 5.75 Å². The van der Waals surface area contributed by atoms with Crippen LogP contribution in [0.1, 0.15) is 28.2 Å². The Bertz CT molecular complexity index is 1620. The predicted octanol–water partition coefficient (Wildman–Crippen LogP) is 8.41. The molecule has 1 atom stereocenters. The summed E-state index contributed by atoms with van der Waals surface area (Å²) in [5.41, 5.74) is 4.64. The SMILES string of the molecule is COc1ccc(N2C(=O)C(c3ccccc3)(c3ccccc3)[C@H](c3ccccc3)C=C2/C=C/c2ccccc2)cc1. The van der Waals surface area contributed by atoms with Gasteiger partial charge in [0.25, 0.3) is 0 Å². The molecule has 0 saturated carbocycles. The van der Waals surface area contributed by atoms with Crippen LogP contribution in [0.25, 0.3) is 6.08 Å². The molecule has 0 spiro atoms. The highest BCUT2D eigenvalue weighted by Gasteiger charge is 2.53. The third-order valence-electron chi connectivity index (χ3n) is 7.80. The molecule has 1 aliphatic rings. The van der Waals surface area contributed by atoms with Crippen molar-refractivity contribution in [3.63, 3.8) is 0 Å². The minimum absolute atomic E-state index is 0.0101. The monoisotopic (exact) mass is 533 g/mol. The molecule has 0 aliphatic carbocycles. The number of hydrogen-bond donors (Lipinski definition) is 0. The van der Waals surface area contributed by atoms with E-state index in [0.29, 0.717) is 0 Å². The van der Waals surface area contributed by atoms with Crippen LogP contribution in [0.4, 0.5) is 5.69 Å². The number of carbonyl (C=O) groups is 1. The Morgan fingerprint density at radius 1 is 0.634 bits per heavy atom. The Kier molecular flexibility index (Phi) is 7.34. The van der Waals surface area contributed by atoms with Crippen LogP contribution in [-0.2, 0) is 10.2 Å². The molecule has 3 heteroatoms. The van der Waals surface area contributed by atoms with E-state index in [-0.39, 0.29) is 11.8 Å². The number of carbonyl (C=O) groups excluding carboxylic acids is 1. The van der Waals surface area contributed by atoms with E-state index in [4.69, 9.17) is 4.74 Å². The molecular weight excluding hydrogens is 502 g/mol.